The smallest absolute Gasteiger partial charge is 0.413 e. The molecule has 0 aliphatic carbocycles. The van der Waals surface area contributed by atoms with Gasteiger partial charge in [0.25, 0.3) is 0 Å². The van der Waals surface area contributed by atoms with Crippen LogP contribution in [-0.2, 0) is 5.60 Å². The molecule has 0 saturated heterocycles. The van der Waals surface area contributed by atoms with Crippen LogP contribution in [0.25, 0.3) is 0 Å². The minimum Gasteiger partial charge on any atom is -0.508 e. The number of aromatic hydroxyl groups is 1. The van der Waals surface area contributed by atoms with Gasteiger partial charge in [0.1, 0.15) is 17.1 Å². The zero-order valence-electron chi connectivity index (χ0n) is 18.0. The highest BCUT2D eigenvalue weighted by molar-refractivity contribution is 6.00. The van der Waals surface area contributed by atoms with Crippen LogP contribution in [0.4, 0.5) is 4.79 Å². The van der Waals surface area contributed by atoms with Crippen molar-refractivity contribution in [3.05, 3.63) is 96.1 Å². The van der Waals surface area contributed by atoms with E-state index in [1.54, 1.807) is 67.6 Å². The van der Waals surface area contributed by atoms with Gasteiger partial charge in [-0.25, -0.2) is 4.79 Å². The zero-order chi connectivity index (χ0) is 23.1. The SMILES string of the molecule is CCC(O)(c1ccc(O)cc1)C(NC(=O)Oc1ccccc1)C(N)C(=O)c1ccccc1.Cl. The molecule has 3 unspecified atom stereocenters. The average molecular weight is 471 g/mol. The van der Waals surface area contributed by atoms with E-state index in [9.17, 15) is 19.8 Å². The molecule has 0 radical (unpaired) electrons. The summed E-state index contributed by atoms with van der Waals surface area (Å²) in [5.41, 5.74) is 5.36. The topological polar surface area (TPSA) is 122 Å². The molecule has 174 valence electrons. The van der Waals surface area contributed by atoms with Crippen LogP contribution in [-0.4, -0.2) is 34.2 Å². The van der Waals surface area contributed by atoms with Gasteiger partial charge in [0.15, 0.2) is 5.78 Å². The van der Waals surface area contributed by atoms with E-state index in [-0.39, 0.29) is 24.6 Å². The molecule has 3 atom stereocenters. The Kier molecular flexibility index (Phi) is 8.99. The quantitative estimate of drug-likeness (QED) is 0.372. The lowest BCUT2D eigenvalue weighted by Crippen LogP contribution is -2.62. The maximum atomic E-state index is 13.1. The number of para-hydroxylation sites is 1. The Balaban J connectivity index is 0.00000385. The van der Waals surface area contributed by atoms with Crippen molar-refractivity contribution in [2.45, 2.75) is 31.0 Å². The fourth-order valence-electron chi connectivity index (χ4n) is 3.56. The first-order chi connectivity index (χ1) is 15.3. The molecule has 33 heavy (non-hydrogen) atoms. The Bertz CT molecular complexity index is 1050. The monoisotopic (exact) mass is 470 g/mol. The summed E-state index contributed by atoms with van der Waals surface area (Å²) in [5, 5.41) is 23.9. The molecule has 0 spiro atoms. The molecule has 3 rings (SSSR count). The number of nitrogens with one attached hydrogen (secondary N) is 1. The lowest BCUT2D eigenvalue weighted by Gasteiger charge is -2.39. The van der Waals surface area contributed by atoms with Gasteiger partial charge in [-0.05, 0) is 36.2 Å². The molecule has 0 fully saturated rings. The molecule has 0 bridgehead atoms. The van der Waals surface area contributed by atoms with Crippen molar-refractivity contribution >= 4 is 24.3 Å². The summed E-state index contributed by atoms with van der Waals surface area (Å²) >= 11 is 0. The largest absolute Gasteiger partial charge is 0.508 e. The van der Waals surface area contributed by atoms with Crippen molar-refractivity contribution in [2.24, 2.45) is 5.73 Å². The number of phenols is 1. The van der Waals surface area contributed by atoms with Gasteiger partial charge in [-0.1, -0.05) is 67.6 Å². The number of ether oxygens (including phenoxy) is 1. The number of benzene rings is 3. The number of aliphatic hydroxyl groups is 1. The van der Waals surface area contributed by atoms with Crippen molar-refractivity contribution in [3.63, 3.8) is 0 Å². The third-order valence-electron chi connectivity index (χ3n) is 5.37. The molecule has 0 aliphatic heterocycles. The maximum absolute atomic E-state index is 13.1. The lowest BCUT2D eigenvalue weighted by atomic mass is 9.78. The number of Topliss-reactive ketones (excluding diaryl/α,β-unsaturated/α-hetero) is 1. The fraction of sp³-hybridized carbons (Fsp3) is 0.200. The Morgan fingerprint density at radius 1 is 0.970 bits per heavy atom. The predicted molar refractivity (Wildman–Crippen MR) is 128 cm³/mol. The van der Waals surface area contributed by atoms with Crippen LogP contribution in [0.5, 0.6) is 11.5 Å². The lowest BCUT2D eigenvalue weighted by molar-refractivity contribution is -0.0121. The highest BCUT2D eigenvalue weighted by Gasteiger charge is 2.44. The first-order valence-corrected chi connectivity index (χ1v) is 10.2. The van der Waals surface area contributed by atoms with E-state index >= 15 is 0 Å². The number of hydrogen-bond donors (Lipinski definition) is 4. The van der Waals surface area contributed by atoms with Crippen LogP contribution in [0, 0.1) is 0 Å². The Morgan fingerprint density at radius 2 is 1.52 bits per heavy atom. The van der Waals surface area contributed by atoms with Gasteiger partial charge >= 0.3 is 6.09 Å². The molecule has 5 N–H and O–H groups in total. The number of phenolic OH excluding ortho intramolecular Hbond substituents is 1. The van der Waals surface area contributed by atoms with Gasteiger partial charge in [0.2, 0.25) is 0 Å². The third kappa shape index (κ3) is 6.10. The van der Waals surface area contributed by atoms with E-state index in [1.165, 1.54) is 24.3 Å². The summed E-state index contributed by atoms with van der Waals surface area (Å²) < 4.78 is 5.31. The zero-order valence-corrected chi connectivity index (χ0v) is 18.9. The second-order valence-corrected chi connectivity index (χ2v) is 7.41. The standard InChI is InChI=1S/C25H26N2O5.ClH/c1-2-25(31,18-13-15-19(28)16-14-18)23(21(26)22(29)17-9-5-3-6-10-17)27-24(30)32-20-11-7-4-8-12-20;/h3-16,21,23,28,31H,2,26H2,1H3,(H,27,30);1H. The normalized spacial score (nSPS) is 14.2. The van der Waals surface area contributed by atoms with Crippen LogP contribution in [0.3, 0.4) is 0 Å². The molecule has 0 aliphatic rings. The molecule has 3 aromatic rings. The highest BCUT2D eigenvalue weighted by Crippen LogP contribution is 2.32. The van der Waals surface area contributed by atoms with Crippen molar-refractivity contribution in [1.29, 1.82) is 0 Å². The van der Waals surface area contributed by atoms with Gasteiger partial charge < -0.3 is 26.0 Å². The van der Waals surface area contributed by atoms with Crippen LogP contribution < -0.4 is 15.8 Å². The molecule has 7 nitrogen and oxygen atoms in total. The van der Waals surface area contributed by atoms with Crippen LogP contribution in [0.15, 0.2) is 84.9 Å². The Hall–Kier alpha value is -3.39. The van der Waals surface area contributed by atoms with E-state index in [2.05, 4.69) is 5.32 Å². The van der Waals surface area contributed by atoms with Crippen molar-refractivity contribution < 1.29 is 24.5 Å². The van der Waals surface area contributed by atoms with E-state index < -0.39 is 29.6 Å². The van der Waals surface area contributed by atoms with Crippen LogP contribution in [0.2, 0.25) is 0 Å². The van der Waals surface area contributed by atoms with Crippen molar-refractivity contribution in [1.82, 2.24) is 5.32 Å². The minimum absolute atomic E-state index is 0. The number of nitrogens with two attached hydrogens (primary N) is 1. The number of carbonyl (C=O) groups is 2. The van der Waals surface area contributed by atoms with E-state index in [1.807, 2.05) is 0 Å². The number of amides is 1. The first kappa shape index (κ1) is 25.9. The number of ketones is 1. The summed E-state index contributed by atoms with van der Waals surface area (Å²) in [5.74, 6) is -0.123. The second kappa shape index (κ2) is 11.5. The Labute approximate surface area is 198 Å². The number of halogens is 1. The molecule has 0 aromatic heterocycles. The van der Waals surface area contributed by atoms with Crippen LogP contribution >= 0.6 is 12.4 Å². The number of rotatable bonds is 8. The molecule has 0 saturated carbocycles. The molecular weight excluding hydrogens is 444 g/mol. The molecular formula is C25H27ClN2O5. The summed E-state index contributed by atoms with van der Waals surface area (Å²) in [6, 6.07) is 20.2. The second-order valence-electron chi connectivity index (χ2n) is 7.41. The molecule has 3 aromatic carbocycles. The summed E-state index contributed by atoms with van der Waals surface area (Å²) in [6.07, 6.45) is -0.729. The van der Waals surface area contributed by atoms with Gasteiger partial charge in [-0.15, -0.1) is 12.4 Å². The number of carbonyl (C=O) groups excluding carboxylic acids is 2. The molecule has 8 heteroatoms. The molecule has 0 heterocycles. The summed E-state index contributed by atoms with van der Waals surface area (Å²) in [6.45, 7) is 1.71. The predicted octanol–water partition coefficient (Wildman–Crippen LogP) is 3.78. The van der Waals surface area contributed by atoms with Gasteiger partial charge in [0.05, 0.1) is 12.1 Å². The van der Waals surface area contributed by atoms with Crippen molar-refractivity contribution in [2.75, 3.05) is 0 Å². The van der Waals surface area contributed by atoms with E-state index in [0.29, 0.717) is 16.9 Å². The summed E-state index contributed by atoms with van der Waals surface area (Å²) in [4.78, 5) is 25.8. The Morgan fingerprint density at radius 3 is 2.06 bits per heavy atom. The highest BCUT2D eigenvalue weighted by atomic mass is 35.5. The van der Waals surface area contributed by atoms with E-state index in [4.69, 9.17) is 10.5 Å². The van der Waals surface area contributed by atoms with Gasteiger partial charge in [0, 0.05) is 5.56 Å². The maximum Gasteiger partial charge on any atom is 0.413 e. The number of hydrogen-bond acceptors (Lipinski definition) is 6. The van der Waals surface area contributed by atoms with E-state index in [0.717, 1.165) is 0 Å². The fourth-order valence-corrected chi connectivity index (χ4v) is 3.56. The van der Waals surface area contributed by atoms with Crippen molar-refractivity contribution in [3.8, 4) is 11.5 Å². The van der Waals surface area contributed by atoms with Crippen LogP contribution in [0.1, 0.15) is 29.3 Å². The minimum atomic E-state index is -1.72. The first-order valence-electron chi connectivity index (χ1n) is 10.2. The van der Waals surface area contributed by atoms with Gasteiger partial charge in [-0.3, -0.25) is 4.79 Å². The average Bonchev–Trinajstić information content (AvgIpc) is 2.83. The molecule has 1 amide bonds. The third-order valence-corrected chi connectivity index (χ3v) is 5.37. The summed E-state index contributed by atoms with van der Waals surface area (Å²) in [7, 11) is 0. The van der Waals surface area contributed by atoms with Gasteiger partial charge in [-0.2, -0.15) is 0 Å².